The zero-order valence-electron chi connectivity index (χ0n) is 24.7. The first-order valence-electron chi connectivity index (χ1n) is 13.9. The van der Waals surface area contributed by atoms with Crippen LogP contribution in [0.25, 0.3) is 5.57 Å². The molecule has 8 heteroatoms. The number of aryl methyl sites for hydroxylation is 1. The van der Waals surface area contributed by atoms with Crippen LogP contribution in [0.2, 0.25) is 0 Å². The third kappa shape index (κ3) is 7.43. The molecule has 0 radical (unpaired) electrons. The minimum Gasteiger partial charge on any atom is -0.444 e. The van der Waals surface area contributed by atoms with Crippen molar-refractivity contribution in [3.8, 4) is 0 Å². The number of hydrogen-bond donors (Lipinski definition) is 1. The molecular weight excluding hydrogens is 506 g/mol. The van der Waals surface area contributed by atoms with E-state index in [9.17, 15) is 14.4 Å². The Labute approximate surface area is 237 Å². The quantitative estimate of drug-likeness (QED) is 0.466. The number of likely N-dealkylation sites (tertiary alicyclic amines) is 1. The molecular formula is C32H41N3O5. The van der Waals surface area contributed by atoms with Gasteiger partial charge in [-0.25, -0.2) is 9.59 Å². The van der Waals surface area contributed by atoms with Gasteiger partial charge in [0, 0.05) is 43.3 Å². The monoisotopic (exact) mass is 547 g/mol. The number of ether oxygens (including phenoxy) is 2. The predicted molar refractivity (Wildman–Crippen MR) is 157 cm³/mol. The van der Waals surface area contributed by atoms with Gasteiger partial charge in [0.1, 0.15) is 11.2 Å². The van der Waals surface area contributed by atoms with Crippen molar-refractivity contribution in [3.05, 3.63) is 70.8 Å². The topological polar surface area (TPSA) is 88.2 Å². The van der Waals surface area contributed by atoms with Gasteiger partial charge in [-0.1, -0.05) is 30.3 Å². The highest BCUT2D eigenvalue weighted by Gasteiger charge is 2.34. The maximum absolute atomic E-state index is 13.0. The number of carbonyl (C=O) groups is 3. The summed E-state index contributed by atoms with van der Waals surface area (Å²) in [6.07, 6.45) is 2.21. The average molecular weight is 548 g/mol. The van der Waals surface area contributed by atoms with E-state index in [2.05, 4.69) is 11.4 Å². The molecule has 3 amide bonds. The van der Waals surface area contributed by atoms with E-state index in [4.69, 9.17) is 9.47 Å². The maximum Gasteiger partial charge on any atom is 0.410 e. The molecule has 0 bridgehead atoms. The SMILES string of the molecule is Cc1cc(C2=CCN(C(=O)OC(C)(C)C)CC2)ccc1C(=O)Nc1ccc(C2CN(C(=O)OC(C)(C)C)C2)cc1. The molecule has 1 fully saturated rings. The van der Waals surface area contributed by atoms with E-state index < -0.39 is 11.2 Å². The van der Waals surface area contributed by atoms with Crippen molar-refractivity contribution >= 4 is 29.4 Å². The highest BCUT2D eigenvalue weighted by atomic mass is 16.6. The Morgan fingerprint density at radius 1 is 0.850 bits per heavy atom. The van der Waals surface area contributed by atoms with Gasteiger partial charge >= 0.3 is 12.2 Å². The molecule has 0 spiro atoms. The molecule has 0 aliphatic carbocycles. The third-order valence-electron chi connectivity index (χ3n) is 6.88. The van der Waals surface area contributed by atoms with Crippen molar-refractivity contribution in [2.75, 3.05) is 31.5 Å². The van der Waals surface area contributed by atoms with Crippen molar-refractivity contribution in [2.24, 2.45) is 0 Å². The van der Waals surface area contributed by atoms with Crippen LogP contribution in [0.4, 0.5) is 15.3 Å². The Balaban J connectivity index is 1.31. The van der Waals surface area contributed by atoms with E-state index in [1.807, 2.05) is 90.9 Å². The highest BCUT2D eigenvalue weighted by molar-refractivity contribution is 6.05. The first kappa shape index (κ1) is 29.2. The normalized spacial score (nSPS) is 16.1. The second-order valence-corrected chi connectivity index (χ2v) is 12.6. The molecule has 4 rings (SSSR count). The van der Waals surface area contributed by atoms with Crippen LogP contribution in [0.1, 0.15) is 80.9 Å². The third-order valence-corrected chi connectivity index (χ3v) is 6.88. The van der Waals surface area contributed by atoms with E-state index in [-0.39, 0.29) is 24.0 Å². The van der Waals surface area contributed by atoms with Crippen LogP contribution in [0, 0.1) is 6.92 Å². The molecule has 2 aliphatic rings. The Bertz CT molecular complexity index is 1300. The number of amides is 3. The summed E-state index contributed by atoms with van der Waals surface area (Å²) in [5.74, 6) is 0.0997. The number of carbonyl (C=O) groups excluding carboxylic acids is 3. The van der Waals surface area contributed by atoms with Crippen LogP contribution < -0.4 is 5.32 Å². The minimum atomic E-state index is -0.515. The van der Waals surface area contributed by atoms with Gasteiger partial charge in [-0.05, 0) is 95.3 Å². The summed E-state index contributed by atoms with van der Waals surface area (Å²) in [5.41, 5.74) is 4.56. The van der Waals surface area contributed by atoms with E-state index in [0.717, 1.165) is 34.4 Å². The molecule has 2 aliphatic heterocycles. The fourth-order valence-electron chi connectivity index (χ4n) is 4.74. The van der Waals surface area contributed by atoms with E-state index >= 15 is 0 Å². The van der Waals surface area contributed by atoms with Crippen LogP contribution >= 0.6 is 0 Å². The number of nitrogens with one attached hydrogen (secondary N) is 1. The van der Waals surface area contributed by atoms with Gasteiger partial charge in [-0.2, -0.15) is 0 Å². The molecule has 0 atom stereocenters. The first-order valence-corrected chi connectivity index (χ1v) is 13.9. The van der Waals surface area contributed by atoms with Crippen LogP contribution in [0.3, 0.4) is 0 Å². The Hall–Kier alpha value is -3.81. The molecule has 1 saturated heterocycles. The average Bonchev–Trinajstić information content (AvgIpc) is 2.82. The number of nitrogens with zero attached hydrogens (tertiary/aromatic N) is 2. The molecule has 1 N–H and O–H groups in total. The summed E-state index contributed by atoms with van der Waals surface area (Å²) in [6, 6.07) is 13.6. The van der Waals surface area contributed by atoms with Gasteiger partial charge in [-0.3, -0.25) is 4.79 Å². The minimum absolute atomic E-state index is 0.162. The molecule has 2 heterocycles. The zero-order chi connectivity index (χ0) is 29.2. The number of benzene rings is 2. The van der Waals surface area contributed by atoms with Crippen LogP contribution in [0.15, 0.2) is 48.5 Å². The highest BCUT2D eigenvalue weighted by Crippen LogP contribution is 2.30. The Kier molecular flexibility index (Phi) is 8.28. The van der Waals surface area contributed by atoms with Gasteiger partial charge in [-0.15, -0.1) is 0 Å². The van der Waals surface area contributed by atoms with E-state index in [0.29, 0.717) is 31.7 Å². The standard InChI is InChI=1S/C32H41N3O5/c1-21-18-24(23-14-16-34(17-15-23)29(37)39-31(2,3)4)10-13-27(21)28(36)33-26-11-8-22(9-12-26)25-19-35(20-25)30(38)40-32(5,6)7/h8-14,18,25H,15-17,19-20H2,1-7H3,(H,33,36). The second-order valence-electron chi connectivity index (χ2n) is 12.6. The molecule has 0 aromatic heterocycles. The lowest BCUT2D eigenvalue weighted by Gasteiger charge is -2.40. The largest absolute Gasteiger partial charge is 0.444 e. The lowest BCUT2D eigenvalue weighted by atomic mass is 9.92. The number of anilines is 1. The molecule has 0 saturated carbocycles. The number of hydrogen-bond acceptors (Lipinski definition) is 5. The van der Waals surface area contributed by atoms with Crippen molar-refractivity contribution in [2.45, 2.75) is 72.0 Å². The van der Waals surface area contributed by atoms with Gasteiger partial charge in [0.15, 0.2) is 0 Å². The first-order chi connectivity index (χ1) is 18.7. The van der Waals surface area contributed by atoms with Gasteiger partial charge in [0.2, 0.25) is 0 Å². The van der Waals surface area contributed by atoms with Crippen molar-refractivity contribution in [3.63, 3.8) is 0 Å². The molecule has 0 unspecified atom stereocenters. The van der Waals surface area contributed by atoms with Crippen molar-refractivity contribution in [1.29, 1.82) is 0 Å². The van der Waals surface area contributed by atoms with Crippen LogP contribution in [-0.4, -0.2) is 65.3 Å². The lowest BCUT2D eigenvalue weighted by molar-refractivity contribution is 0.00813. The fourth-order valence-corrected chi connectivity index (χ4v) is 4.74. The second kappa shape index (κ2) is 11.4. The summed E-state index contributed by atoms with van der Waals surface area (Å²) in [6.45, 7) is 15.5. The zero-order valence-corrected chi connectivity index (χ0v) is 24.7. The van der Waals surface area contributed by atoms with E-state index in [1.54, 1.807) is 9.80 Å². The summed E-state index contributed by atoms with van der Waals surface area (Å²) in [7, 11) is 0. The Morgan fingerprint density at radius 2 is 1.45 bits per heavy atom. The van der Waals surface area contributed by atoms with Crippen molar-refractivity contribution < 1.29 is 23.9 Å². The van der Waals surface area contributed by atoms with E-state index in [1.165, 1.54) is 0 Å². The summed E-state index contributed by atoms with van der Waals surface area (Å²) >= 11 is 0. The van der Waals surface area contributed by atoms with Crippen molar-refractivity contribution in [1.82, 2.24) is 9.80 Å². The predicted octanol–water partition coefficient (Wildman–Crippen LogP) is 6.61. The fraction of sp³-hybridized carbons (Fsp3) is 0.469. The number of rotatable bonds is 4. The Morgan fingerprint density at radius 3 is 1.98 bits per heavy atom. The van der Waals surface area contributed by atoms with Crippen LogP contribution in [0.5, 0.6) is 0 Å². The molecule has 2 aromatic carbocycles. The summed E-state index contributed by atoms with van der Waals surface area (Å²) in [4.78, 5) is 41.0. The molecule has 2 aromatic rings. The van der Waals surface area contributed by atoms with Gasteiger partial charge in [0.25, 0.3) is 5.91 Å². The smallest absolute Gasteiger partial charge is 0.410 e. The molecule has 214 valence electrons. The van der Waals surface area contributed by atoms with Gasteiger partial charge in [0.05, 0.1) is 0 Å². The maximum atomic E-state index is 13.0. The van der Waals surface area contributed by atoms with Crippen LogP contribution in [-0.2, 0) is 9.47 Å². The molecule has 8 nitrogen and oxygen atoms in total. The van der Waals surface area contributed by atoms with Gasteiger partial charge < -0.3 is 24.6 Å². The summed E-state index contributed by atoms with van der Waals surface area (Å²) in [5, 5.41) is 2.99. The lowest BCUT2D eigenvalue weighted by Crippen LogP contribution is -2.50. The summed E-state index contributed by atoms with van der Waals surface area (Å²) < 4.78 is 10.9. The molecule has 40 heavy (non-hydrogen) atoms.